The number of halogens is 1. The van der Waals surface area contributed by atoms with E-state index in [1.807, 2.05) is 18.2 Å². The lowest BCUT2D eigenvalue weighted by atomic mass is 9.94. The molecule has 0 aliphatic carbocycles. The molecule has 0 spiro atoms. The molecule has 3 rings (SSSR count). The van der Waals surface area contributed by atoms with Crippen LogP contribution in [0.25, 0.3) is 10.9 Å². The number of nitrogens with zero attached hydrogens (tertiary/aromatic N) is 3. The zero-order valence-corrected chi connectivity index (χ0v) is 11.5. The first-order valence-corrected chi connectivity index (χ1v) is 6.73. The number of para-hydroxylation sites is 1. The second kappa shape index (κ2) is 4.80. The van der Waals surface area contributed by atoms with Gasteiger partial charge in [-0.05, 0) is 24.2 Å². The maximum Gasteiger partial charge on any atom is 0.0894 e. The second-order valence-corrected chi connectivity index (χ2v) is 5.38. The van der Waals surface area contributed by atoms with Gasteiger partial charge in [-0.25, -0.2) is 0 Å². The highest BCUT2D eigenvalue weighted by Crippen LogP contribution is 2.31. The molecule has 2 heterocycles. The van der Waals surface area contributed by atoms with Gasteiger partial charge in [0.25, 0.3) is 0 Å². The number of hydrogen-bond donors (Lipinski definition) is 0. The largest absolute Gasteiger partial charge is 0.302 e. The summed E-state index contributed by atoms with van der Waals surface area (Å²) in [6, 6.07) is 8.06. The molecule has 0 amide bonds. The van der Waals surface area contributed by atoms with Crippen molar-refractivity contribution < 1.29 is 0 Å². The number of fused-ring (bicyclic) bond motifs is 2. The van der Waals surface area contributed by atoms with Gasteiger partial charge in [-0.15, -0.1) is 0 Å². The van der Waals surface area contributed by atoms with E-state index in [2.05, 4.69) is 18.0 Å². The predicted molar refractivity (Wildman–Crippen MR) is 76.1 cm³/mol. The number of likely N-dealkylation sites (N-methyl/N-ethyl adjacent to an activating group) is 1. The lowest BCUT2D eigenvalue weighted by molar-refractivity contribution is 0.309. The number of rotatable bonds is 1. The lowest BCUT2D eigenvalue weighted by Gasteiger charge is -2.27. The van der Waals surface area contributed by atoms with Gasteiger partial charge in [0.2, 0.25) is 0 Å². The van der Waals surface area contributed by atoms with Gasteiger partial charge in [-0.1, -0.05) is 23.7 Å². The summed E-state index contributed by atoms with van der Waals surface area (Å²) in [5.74, 6) is 0. The monoisotopic (exact) mass is 271 g/mol. The Kier molecular flexibility index (Phi) is 3.14. The van der Waals surface area contributed by atoms with Crippen molar-refractivity contribution in [1.82, 2.24) is 9.88 Å². The number of benzene rings is 1. The van der Waals surface area contributed by atoms with E-state index in [1.165, 1.54) is 5.56 Å². The van der Waals surface area contributed by atoms with E-state index in [4.69, 9.17) is 21.8 Å². The Morgan fingerprint density at radius 3 is 3.11 bits per heavy atom. The molecule has 2 aromatic rings. The molecule has 4 heteroatoms. The molecule has 1 aromatic heterocycles. The van der Waals surface area contributed by atoms with Crippen molar-refractivity contribution in [2.24, 2.45) is 0 Å². The molecular weight excluding hydrogens is 258 g/mol. The van der Waals surface area contributed by atoms with Crippen molar-refractivity contribution in [3.8, 4) is 6.07 Å². The number of aromatic nitrogens is 1. The van der Waals surface area contributed by atoms with Gasteiger partial charge < -0.3 is 4.90 Å². The summed E-state index contributed by atoms with van der Waals surface area (Å²) < 4.78 is 0. The van der Waals surface area contributed by atoms with E-state index in [0.29, 0.717) is 11.4 Å². The molecule has 19 heavy (non-hydrogen) atoms. The van der Waals surface area contributed by atoms with E-state index in [9.17, 15) is 0 Å². The molecule has 0 saturated heterocycles. The summed E-state index contributed by atoms with van der Waals surface area (Å²) in [7, 11) is 2.10. The van der Waals surface area contributed by atoms with E-state index in [-0.39, 0.29) is 0 Å². The summed E-state index contributed by atoms with van der Waals surface area (Å²) in [6.45, 7) is 1.86. The van der Waals surface area contributed by atoms with Crippen LogP contribution < -0.4 is 0 Å². The Bertz CT molecular complexity index is 688. The van der Waals surface area contributed by atoms with E-state index >= 15 is 0 Å². The van der Waals surface area contributed by atoms with Crippen LogP contribution in [0.5, 0.6) is 0 Å². The maximum atomic E-state index is 9.10. The first-order valence-electron chi connectivity index (χ1n) is 6.35. The Balaban J connectivity index is 2.34. The average Bonchev–Trinajstić information content (AvgIpc) is 2.40. The van der Waals surface area contributed by atoms with E-state index in [0.717, 1.165) is 41.7 Å². The summed E-state index contributed by atoms with van der Waals surface area (Å²) in [5.41, 5.74) is 4.24. The fraction of sp³-hybridized carbons (Fsp3) is 0.333. The standard InChI is InChI=1S/C15H14ClN3/c1-19-8-6-14-12(9-19)10(5-7-17)11-3-2-4-13(16)15(11)18-14/h2-4H,5-6,8-9H2,1H3. The average molecular weight is 272 g/mol. The van der Waals surface area contributed by atoms with Crippen LogP contribution >= 0.6 is 11.6 Å². The van der Waals surface area contributed by atoms with Gasteiger partial charge >= 0.3 is 0 Å². The third kappa shape index (κ3) is 2.07. The molecule has 0 atom stereocenters. The highest BCUT2D eigenvalue weighted by atomic mass is 35.5. The van der Waals surface area contributed by atoms with Crippen LogP contribution in [-0.4, -0.2) is 23.5 Å². The van der Waals surface area contributed by atoms with Crippen molar-refractivity contribution in [3.05, 3.63) is 40.0 Å². The van der Waals surface area contributed by atoms with Gasteiger partial charge in [0.05, 0.1) is 23.0 Å². The van der Waals surface area contributed by atoms with Crippen LogP contribution in [0.1, 0.15) is 16.8 Å². The highest BCUT2D eigenvalue weighted by molar-refractivity contribution is 6.35. The SMILES string of the molecule is CN1CCc2nc3c(Cl)cccc3c(CC#N)c2C1. The van der Waals surface area contributed by atoms with E-state index in [1.54, 1.807) is 0 Å². The Morgan fingerprint density at radius 2 is 2.32 bits per heavy atom. The third-order valence-corrected chi connectivity index (χ3v) is 3.99. The van der Waals surface area contributed by atoms with Crippen LogP contribution in [0, 0.1) is 11.3 Å². The minimum absolute atomic E-state index is 0.412. The fourth-order valence-corrected chi connectivity index (χ4v) is 2.95. The minimum atomic E-state index is 0.412. The summed E-state index contributed by atoms with van der Waals surface area (Å²) in [5, 5.41) is 10.8. The molecule has 0 N–H and O–H groups in total. The maximum absolute atomic E-state index is 9.10. The molecule has 0 bridgehead atoms. The minimum Gasteiger partial charge on any atom is -0.302 e. The van der Waals surface area contributed by atoms with Gasteiger partial charge in [0.15, 0.2) is 0 Å². The van der Waals surface area contributed by atoms with Crippen molar-refractivity contribution in [2.45, 2.75) is 19.4 Å². The topological polar surface area (TPSA) is 39.9 Å². The third-order valence-electron chi connectivity index (χ3n) is 3.69. The molecular formula is C15H14ClN3. The Morgan fingerprint density at radius 1 is 1.47 bits per heavy atom. The van der Waals surface area contributed by atoms with Gasteiger partial charge in [0.1, 0.15) is 0 Å². The predicted octanol–water partition coefficient (Wildman–Crippen LogP) is 2.94. The molecule has 1 aromatic carbocycles. The van der Waals surface area contributed by atoms with Gasteiger partial charge in [-0.2, -0.15) is 5.26 Å². The molecule has 0 radical (unpaired) electrons. The van der Waals surface area contributed by atoms with Crippen LogP contribution in [-0.2, 0) is 19.4 Å². The molecule has 0 unspecified atom stereocenters. The lowest BCUT2D eigenvalue weighted by Crippen LogP contribution is -2.28. The highest BCUT2D eigenvalue weighted by Gasteiger charge is 2.21. The number of pyridine rings is 1. The Labute approximate surface area is 117 Å². The smallest absolute Gasteiger partial charge is 0.0894 e. The zero-order chi connectivity index (χ0) is 13.4. The fourth-order valence-electron chi connectivity index (χ4n) is 2.73. The Hall–Kier alpha value is -1.63. The van der Waals surface area contributed by atoms with E-state index < -0.39 is 0 Å². The normalized spacial score (nSPS) is 15.2. The van der Waals surface area contributed by atoms with Gasteiger partial charge in [0, 0.05) is 30.6 Å². The van der Waals surface area contributed by atoms with Crippen molar-refractivity contribution >= 4 is 22.5 Å². The molecule has 0 saturated carbocycles. The van der Waals surface area contributed by atoms with Crippen LogP contribution in [0.15, 0.2) is 18.2 Å². The first kappa shape index (κ1) is 12.4. The molecule has 1 aliphatic rings. The number of hydrogen-bond acceptors (Lipinski definition) is 3. The zero-order valence-electron chi connectivity index (χ0n) is 10.8. The summed E-state index contributed by atoms with van der Waals surface area (Å²) >= 11 is 6.24. The summed E-state index contributed by atoms with van der Waals surface area (Å²) in [6.07, 6.45) is 1.33. The first-order chi connectivity index (χ1) is 9.20. The molecule has 0 fully saturated rings. The summed E-state index contributed by atoms with van der Waals surface area (Å²) in [4.78, 5) is 6.99. The second-order valence-electron chi connectivity index (χ2n) is 4.97. The van der Waals surface area contributed by atoms with Gasteiger partial charge in [-0.3, -0.25) is 4.98 Å². The van der Waals surface area contributed by atoms with Crippen LogP contribution in [0.2, 0.25) is 5.02 Å². The number of nitriles is 1. The van der Waals surface area contributed by atoms with Crippen molar-refractivity contribution in [2.75, 3.05) is 13.6 Å². The van der Waals surface area contributed by atoms with Crippen molar-refractivity contribution in [1.29, 1.82) is 5.26 Å². The van der Waals surface area contributed by atoms with Crippen LogP contribution in [0.4, 0.5) is 0 Å². The quantitative estimate of drug-likeness (QED) is 0.801. The molecule has 96 valence electrons. The molecule has 1 aliphatic heterocycles. The van der Waals surface area contributed by atoms with Crippen LogP contribution in [0.3, 0.4) is 0 Å². The van der Waals surface area contributed by atoms with Crippen molar-refractivity contribution in [3.63, 3.8) is 0 Å². The molecule has 3 nitrogen and oxygen atoms in total.